The third-order valence-corrected chi connectivity index (χ3v) is 4.93. The Kier molecular flexibility index (Phi) is 1.53. The normalized spacial score (nSPS) is 24.8. The number of rotatable bonds is 0. The molecule has 0 aromatic carbocycles. The van der Waals surface area contributed by atoms with Crippen LogP contribution in [0.2, 0.25) is 0 Å². The molecule has 1 atom stereocenters. The van der Waals surface area contributed by atoms with Gasteiger partial charge in [-0.05, 0) is 36.9 Å². The van der Waals surface area contributed by atoms with Crippen LogP contribution in [-0.2, 0) is 0 Å². The summed E-state index contributed by atoms with van der Waals surface area (Å²) in [6, 6.07) is 2.25. The van der Waals surface area contributed by atoms with Crippen molar-refractivity contribution in [3.63, 3.8) is 0 Å². The smallest absolute Gasteiger partial charge is 0.0360 e. The Morgan fingerprint density at radius 1 is 1.38 bits per heavy atom. The first-order valence-electron chi connectivity index (χ1n) is 4.45. The first-order valence-corrected chi connectivity index (χ1v) is 6.20. The summed E-state index contributed by atoms with van der Waals surface area (Å²) in [7, 11) is 0. The summed E-state index contributed by atoms with van der Waals surface area (Å²) < 4.78 is 0. The molecule has 0 spiro atoms. The van der Waals surface area contributed by atoms with Gasteiger partial charge in [-0.3, -0.25) is 0 Å². The van der Waals surface area contributed by atoms with Crippen LogP contribution in [0, 0.1) is 0 Å². The van der Waals surface area contributed by atoms with Gasteiger partial charge >= 0.3 is 0 Å². The Morgan fingerprint density at radius 3 is 3.08 bits per heavy atom. The number of allylic oxidation sites excluding steroid dienone is 1. The van der Waals surface area contributed by atoms with E-state index in [1.54, 1.807) is 5.57 Å². The average molecular weight is 206 g/mol. The molecule has 3 rings (SSSR count). The van der Waals surface area contributed by atoms with Crippen molar-refractivity contribution in [2.75, 3.05) is 0 Å². The molecule has 1 aliphatic heterocycles. The van der Waals surface area contributed by atoms with Gasteiger partial charge in [-0.1, -0.05) is 5.57 Å². The van der Waals surface area contributed by atoms with Gasteiger partial charge in [0.2, 0.25) is 0 Å². The molecule has 0 radical (unpaired) electrons. The monoisotopic (exact) mass is 206 g/mol. The van der Waals surface area contributed by atoms with E-state index in [2.05, 4.69) is 31.4 Å². The summed E-state index contributed by atoms with van der Waals surface area (Å²) in [4.78, 5) is 2.94. The molecule has 13 heavy (non-hydrogen) atoms. The fraction of sp³-hybridized carbons (Fsp3) is 0.273. The molecule has 1 aliphatic carbocycles. The maximum Gasteiger partial charge on any atom is 0.0360 e. The van der Waals surface area contributed by atoms with Crippen LogP contribution in [-0.4, -0.2) is 5.25 Å². The standard InChI is InChI=1S/C11H10S2/c1-6-7(2)13-10-5-9-8(11(6)10)3-4-12-9/h3-5,7H,1-2H3. The third-order valence-electron chi connectivity index (χ3n) is 2.78. The van der Waals surface area contributed by atoms with Crippen LogP contribution < -0.4 is 0 Å². The maximum atomic E-state index is 2.34. The van der Waals surface area contributed by atoms with E-state index in [1.807, 2.05) is 23.1 Å². The van der Waals surface area contributed by atoms with Crippen LogP contribution >= 0.6 is 23.1 Å². The predicted octanol–water partition coefficient (Wildman–Crippen LogP) is 4.01. The molecule has 2 aliphatic rings. The van der Waals surface area contributed by atoms with Gasteiger partial charge in [0, 0.05) is 20.6 Å². The van der Waals surface area contributed by atoms with Crippen molar-refractivity contribution < 1.29 is 0 Å². The van der Waals surface area contributed by atoms with E-state index in [0.29, 0.717) is 5.25 Å². The largest absolute Gasteiger partial charge is 0.144 e. The first kappa shape index (κ1) is 7.89. The zero-order valence-corrected chi connectivity index (χ0v) is 9.26. The topological polar surface area (TPSA) is 0 Å². The summed E-state index contributed by atoms with van der Waals surface area (Å²) in [5.41, 5.74) is 4.54. The van der Waals surface area contributed by atoms with Crippen molar-refractivity contribution in [2.24, 2.45) is 0 Å². The molecular formula is C11H10S2. The minimum Gasteiger partial charge on any atom is -0.144 e. The fourth-order valence-corrected chi connectivity index (χ4v) is 4.10. The van der Waals surface area contributed by atoms with Gasteiger partial charge in [0.1, 0.15) is 0 Å². The van der Waals surface area contributed by atoms with Gasteiger partial charge in [-0.25, -0.2) is 0 Å². The van der Waals surface area contributed by atoms with E-state index < -0.39 is 0 Å². The molecule has 0 bridgehead atoms. The molecule has 2 heterocycles. The molecule has 0 N–H and O–H groups in total. The second-order valence-corrected chi connectivity index (χ2v) is 5.86. The molecule has 1 unspecified atom stereocenters. The van der Waals surface area contributed by atoms with Gasteiger partial charge in [-0.2, -0.15) is 0 Å². The number of thioether (sulfide) groups is 1. The minimum atomic E-state index is 0.675. The highest BCUT2D eigenvalue weighted by atomic mass is 32.2. The van der Waals surface area contributed by atoms with E-state index in [-0.39, 0.29) is 0 Å². The van der Waals surface area contributed by atoms with Crippen LogP contribution in [0.1, 0.15) is 24.3 Å². The molecule has 0 saturated heterocycles. The molecule has 0 amide bonds. The van der Waals surface area contributed by atoms with Crippen molar-refractivity contribution in [3.8, 4) is 0 Å². The predicted molar refractivity (Wildman–Crippen MR) is 61.9 cm³/mol. The van der Waals surface area contributed by atoms with Crippen LogP contribution in [0.3, 0.4) is 0 Å². The molecule has 1 aromatic heterocycles. The van der Waals surface area contributed by atoms with Gasteiger partial charge < -0.3 is 0 Å². The molecule has 0 saturated carbocycles. The SMILES string of the molecule is CC1=C2C(=Cc3sccc32)SC1C. The number of thiophene rings is 1. The van der Waals surface area contributed by atoms with Crippen LogP contribution in [0.5, 0.6) is 0 Å². The summed E-state index contributed by atoms with van der Waals surface area (Å²) in [5, 5.41) is 2.86. The second-order valence-electron chi connectivity index (χ2n) is 3.53. The van der Waals surface area contributed by atoms with E-state index in [4.69, 9.17) is 0 Å². The lowest BCUT2D eigenvalue weighted by molar-refractivity contribution is 1.14. The second kappa shape index (κ2) is 2.52. The Labute approximate surface area is 86.4 Å². The molecule has 0 nitrogen and oxygen atoms in total. The quantitative estimate of drug-likeness (QED) is 0.618. The highest BCUT2D eigenvalue weighted by Gasteiger charge is 2.30. The number of fused-ring (bicyclic) bond motifs is 3. The van der Waals surface area contributed by atoms with Crippen molar-refractivity contribution in [1.82, 2.24) is 0 Å². The number of hydrogen-bond donors (Lipinski definition) is 0. The van der Waals surface area contributed by atoms with Gasteiger partial charge in [0.25, 0.3) is 0 Å². The zero-order valence-electron chi connectivity index (χ0n) is 7.63. The Balaban J connectivity index is 2.28. The summed E-state index contributed by atoms with van der Waals surface area (Å²) in [6.45, 7) is 4.55. The molecule has 2 heteroatoms. The lowest BCUT2D eigenvalue weighted by atomic mass is 10.0. The first-order chi connectivity index (χ1) is 6.27. The van der Waals surface area contributed by atoms with E-state index >= 15 is 0 Å². The molecule has 1 aromatic rings. The average Bonchev–Trinajstić information content (AvgIpc) is 2.66. The number of hydrogen-bond acceptors (Lipinski definition) is 2. The van der Waals surface area contributed by atoms with Crippen LogP contribution in [0.25, 0.3) is 11.6 Å². The van der Waals surface area contributed by atoms with E-state index in [1.165, 1.54) is 20.9 Å². The molecule has 0 fully saturated rings. The van der Waals surface area contributed by atoms with E-state index in [0.717, 1.165) is 0 Å². The highest BCUT2D eigenvalue weighted by Crippen LogP contribution is 2.53. The maximum absolute atomic E-state index is 2.34. The van der Waals surface area contributed by atoms with Crippen molar-refractivity contribution in [1.29, 1.82) is 0 Å². The Morgan fingerprint density at radius 2 is 2.23 bits per heavy atom. The van der Waals surface area contributed by atoms with Crippen LogP contribution in [0.15, 0.2) is 21.9 Å². The van der Waals surface area contributed by atoms with Crippen molar-refractivity contribution in [2.45, 2.75) is 19.1 Å². The van der Waals surface area contributed by atoms with Gasteiger partial charge in [0.15, 0.2) is 0 Å². The Hall–Kier alpha value is -0.470. The van der Waals surface area contributed by atoms with Gasteiger partial charge in [-0.15, -0.1) is 23.1 Å². The van der Waals surface area contributed by atoms with E-state index in [9.17, 15) is 0 Å². The third kappa shape index (κ3) is 0.931. The summed E-state index contributed by atoms with van der Waals surface area (Å²) in [5.74, 6) is 0. The Bertz CT molecular complexity index is 435. The van der Waals surface area contributed by atoms with Crippen LogP contribution in [0.4, 0.5) is 0 Å². The highest BCUT2D eigenvalue weighted by molar-refractivity contribution is 8.05. The summed E-state index contributed by atoms with van der Waals surface area (Å²) in [6.07, 6.45) is 2.34. The lowest BCUT2D eigenvalue weighted by Gasteiger charge is -2.01. The van der Waals surface area contributed by atoms with Gasteiger partial charge in [0.05, 0.1) is 0 Å². The molecular weight excluding hydrogens is 196 g/mol. The zero-order chi connectivity index (χ0) is 9.00. The van der Waals surface area contributed by atoms with Crippen molar-refractivity contribution in [3.05, 3.63) is 32.4 Å². The lowest BCUT2D eigenvalue weighted by Crippen LogP contribution is -1.91. The minimum absolute atomic E-state index is 0.675. The summed E-state index contributed by atoms with van der Waals surface area (Å²) >= 11 is 3.85. The fourth-order valence-electron chi connectivity index (χ4n) is 1.95. The van der Waals surface area contributed by atoms with Crippen molar-refractivity contribution >= 4 is 34.7 Å². The molecule has 66 valence electrons.